The number of thiazole rings is 1. The lowest BCUT2D eigenvalue weighted by Gasteiger charge is -2.03. The second-order valence-electron chi connectivity index (χ2n) is 4.21. The Morgan fingerprint density at radius 2 is 2.10 bits per heavy atom. The molecule has 0 fully saturated rings. The van der Waals surface area contributed by atoms with E-state index in [1.165, 1.54) is 23.5 Å². The molecule has 1 N–H and O–H groups in total. The van der Waals surface area contributed by atoms with Crippen LogP contribution in [0.15, 0.2) is 40.9 Å². The van der Waals surface area contributed by atoms with Gasteiger partial charge in [-0.2, -0.15) is 0 Å². The Morgan fingerprint density at radius 3 is 2.86 bits per heavy atom. The highest BCUT2D eigenvalue weighted by Crippen LogP contribution is 2.29. The zero-order valence-electron chi connectivity index (χ0n) is 10.4. The van der Waals surface area contributed by atoms with E-state index in [4.69, 9.17) is 11.6 Å². The summed E-state index contributed by atoms with van der Waals surface area (Å²) in [4.78, 5) is 16.4. The van der Waals surface area contributed by atoms with Crippen LogP contribution in [0.1, 0.15) is 10.4 Å². The minimum absolute atomic E-state index is 0.0661. The van der Waals surface area contributed by atoms with Crippen molar-refractivity contribution in [2.45, 2.75) is 0 Å². The van der Waals surface area contributed by atoms with Crippen molar-refractivity contribution < 1.29 is 9.18 Å². The molecular weight excluding hydrogens is 379 g/mol. The molecule has 21 heavy (non-hydrogen) atoms. The third-order valence-corrected chi connectivity index (χ3v) is 4.49. The number of hydrogen-bond acceptors (Lipinski definition) is 3. The van der Waals surface area contributed by atoms with Gasteiger partial charge in [0.05, 0.1) is 20.8 Å². The molecule has 7 heteroatoms. The number of anilines is 1. The van der Waals surface area contributed by atoms with Gasteiger partial charge >= 0.3 is 0 Å². The lowest BCUT2D eigenvalue weighted by molar-refractivity contribution is 0.102. The van der Waals surface area contributed by atoms with Crippen molar-refractivity contribution in [3.05, 3.63) is 57.3 Å². The van der Waals surface area contributed by atoms with Gasteiger partial charge in [-0.3, -0.25) is 10.1 Å². The van der Waals surface area contributed by atoms with Crippen LogP contribution in [0.2, 0.25) is 5.02 Å². The predicted molar refractivity (Wildman–Crippen MR) is 86.7 cm³/mol. The van der Waals surface area contributed by atoms with E-state index in [0.29, 0.717) is 5.13 Å². The van der Waals surface area contributed by atoms with Crippen molar-refractivity contribution in [1.82, 2.24) is 4.98 Å². The normalized spacial score (nSPS) is 10.8. The molecule has 1 heterocycles. The van der Waals surface area contributed by atoms with Gasteiger partial charge in [0.15, 0.2) is 5.13 Å². The Kier molecular flexibility index (Phi) is 3.93. The summed E-state index contributed by atoms with van der Waals surface area (Å²) in [6.07, 6.45) is 0. The van der Waals surface area contributed by atoms with E-state index in [2.05, 4.69) is 26.2 Å². The molecule has 0 saturated heterocycles. The maximum atomic E-state index is 13.0. The highest BCUT2D eigenvalue weighted by atomic mass is 79.9. The maximum absolute atomic E-state index is 13.0. The Bertz CT molecular complexity index is 852. The molecule has 0 radical (unpaired) electrons. The molecule has 0 aliphatic heterocycles. The largest absolute Gasteiger partial charge is 0.298 e. The van der Waals surface area contributed by atoms with Crippen LogP contribution in [0.3, 0.4) is 0 Å². The van der Waals surface area contributed by atoms with Gasteiger partial charge in [-0.15, -0.1) is 0 Å². The Labute approximate surface area is 136 Å². The van der Waals surface area contributed by atoms with Gasteiger partial charge < -0.3 is 0 Å². The van der Waals surface area contributed by atoms with Gasteiger partial charge in [0.25, 0.3) is 5.91 Å². The topological polar surface area (TPSA) is 42.0 Å². The Hall–Kier alpha value is -1.50. The van der Waals surface area contributed by atoms with E-state index < -0.39 is 11.7 Å². The third-order valence-electron chi connectivity index (χ3n) is 2.75. The summed E-state index contributed by atoms with van der Waals surface area (Å²) in [5.74, 6) is -0.903. The summed E-state index contributed by atoms with van der Waals surface area (Å²) in [6, 6.07) is 9.30. The molecule has 3 nitrogen and oxygen atoms in total. The van der Waals surface area contributed by atoms with Crippen LogP contribution in [0.5, 0.6) is 0 Å². The first-order valence-electron chi connectivity index (χ1n) is 5.85. The monoisotopic (exact) mass is 384 g/mol. The van der Waals surface area contributed by atoms with Gasteiger partial charge in [-0.05, 0) is 36.4 Å². The molecule has 0 unspecified atom stereocenters. The highest BCUT2D eigenvalue weighted by molar-refractivity contribution is 9.10. The molecule has 0 bridgehead atoms. The predicted octanol–water partition coefficient (Wildman–Crippen LogP) is 5.10. The van der Waals surface area contributed by atoms with Crippen LogP contribution < -0.4 is 5.32 Å². The summed E-state index contributed by atoms with van der Waals surface area (Å²) in [5.41, 5.74) is 1.00. The summed E-state index contributed by atoms with van der Waals surface area (Å²) >= 11 is 10.6. The fourth-order valence-electron chi connectivity index (χ4n) is 1.79. The fraction of sp³-hybridized carbons (Fsp3) is 0. The first kappa shape index (κ1) is 14.4. The summed E-state index contributed by atoms with van der Waals surface area (Å²) in [5, 5.41) is 3.21. The quantitative estimate of drug-likeness (QED) is 0.666. The number of carbonyl (C=O) groups excluding carboxylic acids is 1. The van der Waals surface area contributed by atoms with E-state index in [0.717, 1.165) is 20.8 Å². The van der Waals surface area contributed by atoms with E-state index in [1.807, 2.05) is 18.2 Å². The molecular formula is C14H7BrClFN2OS. The average molecular weight is 386 g/mol. The maximum Gasteiger partial charge on any atom is 0.258 e. The lowest BCUT2D eigenvalue weighted by Crippen LogP contribution is -2.12. The Morgan fingerprint density at radius 1 is 1.29 bits per heavy atom. The lowest BCUT2D eigenvalue weighted by atomic mass is 10.2. The minimum atomic E-state index is -0.485. The molecule has 0 atom stereocenters. The van der Waals surface area contributed by atoms with Crippen molar-refractivity contribution in [3.63, 3.8) is 0 Å². The van der Waals surface area contributed by atoms with E-state index in [-0.39, 0.29) is 10.6 Å². The molecule has 3 aromatic rings. The summed E-state index contributed by atoms with van der Waals surface area (Å²) < 4.78 is 14.9. The zero-order valence-corrected chi connectivity index (χ0v) is 13.5. The number of halogens is 3. The number of amides is 1. The van der Waals surface area contributed by atoms with E-state index >= 15 is 0 Å². The summed E-state index contributed by atoms with van der Waals surface area (Å²) in [6.45, 7) is 0. The smallest absolute Gasteiger partial charge is 0.258 e. The number of rotatable bonds is 2. The second-order valence-corrected chi connectivity index (χ2v) is 6.56. The minimum Gasteiger partial charge on any atom is -0.298 e. The van der Waals surface area contributed by atoms with Crippen LogP contribution in [0, 0.1) is 5.82 Å². The van der Waals surface area contributed by atoms with Crippen LogP contribution >= 0.6 is 38.9 Å². The third kappa shape index (κ3) is 3.07. The molecule has 0 aliphatic rings. The standard InChI is InChI=1S/C14H7BrClFN2OS/c15-7-1-4-11-12(5-7)21-14(18-11)19-13(20)9-3-2-8(17)6-10(9)16/h1-6H,(H,18,19,20). The molecule has 3 rings (SSSR count). The highest BCUT2D eigenvalue weighted by Gasteiger charge is 2.13. The van der Waals surface area contributed by atoms with Gasteiger partial charge in [0.2, 0.25) is 0 Å². The van der Waals surface area contributed by atoms with Crippen LogP contribution in [-0.2, 0) is 0 Å². The van der Waals surface area contributed by atoms with Crippen LogP contribution in [-0.4, -0.2) is 10.9 Å². The van der Waals surface area contributed by atoms with Crippen molar-refractivity contribution in [3.8, 4) is 0 Å². The molecule has 1 aromatic heterocycles. The second kappa shape index (κ2) is 5.71. The van der Waals surface area contributed by atoms with E-state index in [9.17, 15) is 9.18 Å². The number of nitrogens with one attached hydrogen (secondary N) is 1. The van der Waals surface area contributed by atoms with E-state index in [1.54, 1.807) is 0 Å². The SMILES string of the molecule is O=C(Nc1nc2ccc(Br)cc2s1)c1ccc(F)cc1Cl. The van der Waals surface area contributed by atoms with Crippen molar-refractivity contribution in [2.24, 2.45) is 0 Å². The number of hydrogen-bond donors (Lipinski definition) is 1. The molecule has 2 aromatic carbocycles. The molecule has 0 spiro atoms. The van der Waals surface area contributed by atoms with Crippen LogP contribution in [0.4, 0.5) is 9.52 Å². The first-order chi connectivity index (χ1) is 10.0. The number of aromatic nitrogens is 1. The Balaban J connectivity index is 1.89. The molecule has 106 valence electrons. The number of carbonyl (C=O) groups is 1. The van der Waals surface area contributed by atoms with Crippen molar-refractivity contribution in [1.29, 1.82) is 0 Å². The average Bonchev–Trinajstić information content (AvgIpc) is 2.79. The fourth-order valence-corrected chi connectivity index (χ4v) is 3.46. The summed E-state index contributed by atoms with van der Waals surface area (Å²) in [7, 11) is 0. The first-order valence-corrected chi connectivity index (χ1v) is 7.84. The molecule has 1 amide bonds. The van der Waals surface area contributed by atoms with Crippen LogP contribution in [0.25, 0.3) is 10.2 Å². The van der Waals surface area contributed by atoms with Gasteiger partial charge in [-0.1, -0.05) is 38.9 Å². The van der Waals surface area contributed by atoms with Crippen molar-refractivity contribution in [2.75, 3.05) is 5.32 Å². The number of fused-ring (bicyclic) bond motifs is 1. The zero-order chi connectivity index (χ0) is 15.0. The molecule has 0 aliphatic carbocycles. The van der Waals surface area contributed by atoms with Gasteiger partial charge in [0.1, 0.15) is 5.82 Å². The number of nitrogens with zero attached hydrogens (tertiary/aromatic N) is 1. The van der Waals surface area contributed by atoms with Crippen molar-refractivity contribution >= 4 is 60.1 Å². The van der Waals surface area contributed by atoms with Gasteiger partial charge in [-0.25, -0.2) is 9.37 Å². The number of benzene rings is 2. The van der Waals surface area contributed by atoms with Gasteiger partial charge in [0, 0.05) is 4.47 Å². The molecule has 0 saturated carbocycles.